The van der Waals surface area contributed by atoms with E-state index < -0.39 is 5.60 Å². The summed E-state index contributed by atoms with van der Waals surface area (Å²) in [6.45, 7) is 8.10. The number of rotatable bonds is 4. The molecule has 6 nitrogen and oxygen atoms in total. The number of nitrogens with zero attached hydrogens (tertiary/aromatic N) is 2. The quantitative estimate of drug-likeness (QED) is 0.576. The molecule has 1 saturated carbocycles. The van der Waals surface area contributed by atoms with Crippen LogP contribution in [0.15, 0.2) is 4.99 Å². The largest absolute Gasteiger partial charge is 0.444 e. The van der Waals surface area contributed by atoms with Gasteiger partial charge in [0.05, 0.1) is 0 Å². The second-order valence-corrected chi connectivity index (χ2v) is 9.54. The van der Waals surface area contributed by atoms with Crippen LogP contribution in [-0.2, 0) is 4.74 Å². The minimum absolute atomic E-state index is 0.196. The van der Waals surface area contributed by atoms with Crippen LogP contribution in [-0.4, -0.2) is 66.8 Å². The number of guanidine groups is 1. The van der Waals surface area contributed by atoms with E-state index in [0.29, 0.717) is 12.0 Å². The van der Waals surface area contributed by atoms with Crippen molar-refractivity contribution < 1.29 is 9.53 Å². The Morgan fingerprint density at radius 1 is 1.31 bits per heavy atom. The molecule has 3 atom stereocenters. The summed E-state index contributed by atoms with van der Waals surface area (Å²) >= 11 is 1.96. The predicted octanol–water partition coefficient (Wildman–Crippen LogP) is 3.08. The van der Waals surface area contributed by atoms with Gasteiger partial charge in [0.2, 0.25) is 0 Å². The van der Waals surface area contributed by atoms with Crippen LogP contribution in [0.4, 0.5) is 4.79 Å². The number of aliphatic imine (C=N–C) groups is 1. The zero-order valence-corrected chi connectivity index (χ0v) is 17.8. The molecule has 26 heavy (non-hydrogen) atoms. The molecule has 1 saturated heterocycles. The van der Waals surface area contributed by atoms with E-state index in [9.17, 15) is 4.79 Å². The first-order valence-corrected chi connectivity index (χ1v) is 11.1. The molecule has 7 heteroatoms. The van der Waals surface area contributed by atoms with E-state index in [-0.39, 0.29) is 6.09 Å². The second kappa shape index (κ2) is 9.72. The van der Waals surface area contributed by atoms with E-state index in [0.717, 1.165) is 43.7 Å². The number of ether oxygens (including phenoxy) is 1. The van der Waals surface area contributed by atoms with E-state index in [1.165, 1.54) is 19.3 Å². The van der Waals surface area contributed by atoms with Gasteiger partial charge >= 0.3 is 6.09 Å². The van der Waals surface area contributed by atoms with Crippen molar-refractivity contribution >= 4 is 23.8 Å². The van der Waals surface area contributed by atoms with Crippen molar-refractivity contribution in [2.45, 2.75) is 69.8 Å². The average molecular weight is 385 g/mol. The third-order valence-corrected chi connectivity index (χ3v) is 6.11. The number of carbonyl (C=O) groups is 1. The maximum atomic E-state index is 12.3. The Hall–Kier alpha value is -1.11. The maximum absolute atomic E-state index is 12.3. The summed E-state index contributed by atoms with van der Waals surface area (Å²) in [6.07, 6.45) is 7.85. The van der Waals surface area contributed by atoms with Crippen molar-refractivity contribution in [2.75, 3.05) is 32.9 Å². The zero-order valence-electron chi connectivity index (χ0n) is 17.0. The summed E-state index contributed by atoms with van der Waals surface area (Å²) in [6, 6.07) is 0.517. The topological polar surface area (TPSA) is 66.0 Å². The van der Waals surface area contributed by atoms with Crippen molar-refractivity contribution in [2.24, 2.45) is 10.9 Å². The summed E-state index contributed by atoms with van der Waals surface area (Å²) in [5.74, 6) is 1.31. The number of amides is 1. The van der Waals surface area contributed by atoms with Crippen molar-refractivity contribution in [3.05, 3.63) is 0 Å². The van der Waals surface area contributed by atoms with Crippen LogP contribution < -0.4 is 10.6 Å². The summed E-state index contributed by atoms with van der Waals surface area (Å²) in [7, 11) is 1.82. The Balaban J connectivity index is 1.76. The normalized spacial score (nSPS) is 27.3. The maximum Gasteiger partial charge on any atom is 0.410 e. The molecule has 2 N–H and O–H groups in total. The van der Waals surface area contributed by atoms with Gasteiger partial charge in [-0.2, -0.15) is 11.8 Å². The van der Waals surface area contributed by atoms with Crippen LogP contribution in [0.25, 0.3) is 0 Å². The Morgan fingerprint density at radius 2 is 2.08 bits per heavy atom. The van der Waals surface area contributed by atoms with Crippen LogP contribution in [0, 0.1) is 5.92 Å². The van der Waals surface area contributed by atoms with Gasteiger partial charge < -0.3 is 20.3 Å². The fraction of sp³-hybridized carbons (Fsp3) is 0.895. The van der Waals surface area contributed by atoms with Gasteiger partial charge in [0, 0.05) is 38.0 Å². The summed E-state index contributed by atoms with van der Waals surface area (Å²) < 4.78 is 5.51. The average Bonchev–Trinajstić information content (AvgIpc) is 3.05. The molecule has 0 spiro atoms. The first-order valence-electron chi connectivity index (χ1n) is 9.78. The van der Waals surface area contributed by atoms with Crippen LogP contribution in [0.2, 0.25) is 0 Å². The number of thioether (sulfide) groups is 1. The van der Waals surface area contributed by atoms with Gasteiger partial charge in [-0.15, -0.1) is 0 Å². The smallest absolute Gasteiger partial charge is 0.410 e. The number of likely N-dealkylation sites (tertiary alicyclic amines) is 1. The molecule has 1 aliphatic carbocycles. The standard InChI is InChI=1S/C19H36N4O2S/c1-19(2,3)25-18(24)23-10-6-7-14(13-23)12-21-17(20-4)22-15-8-9-16(11-15)26-5/h14-16H,6-13H2,1-5H3,(H2,20,21,22). The SMILES string of the molecule is CN=C(NCC1CCCN(C(=O)OC(C)(C)C)C1)NC1CCC(SC)C1. The second-order valence-electron chi connectivity index (χ2n) is 8.40. The first kappa shape index (κ1) is 21.2. The van der Waals surface area contributed by atoms with Crippen LogP contribution in [0.5, 0.6) is 0 Å². The number of hydrogen-bond acceptors (Lipinski definition) is 4. The molecular weight excluding hydrogens is 348 g/mol. The molecule has 2 aliphatic rings. The van der Waals surface area contributed by atoms with Crippen molar-refractivity contribution in [1.82, 2.24) is 15.5 Å². The van der Waals surface area contributed by atoms with Gasteiger partial charge in [-0.1, -0.05) is 0 Å². The lowest BCUT2D eigenvalue weighted by molar-refractivity contribution is 0.0168. The minimum atomic E-state index is -0.440. The molecule has 150 valence electrons. The monoisotopic (exact) mass is 384 g/mol. The molecule has 2 fully saturated rings. The molecule has 1 amide bonds. The Morgan fingerprint density at radius 3 is 2.69 bits per heavy atom. The highest BCUT2D eigenvalue weighted by atomic mass is 32.2. The third kappa shape index (κ3) is 6.89. The van der Waals surface area contributed by atoms with Gasteiger partial charge in [-0.25, -0.2) is 4.79 Å². The summed E-state index contributed by atoms with van der Waals surface area (Å²) in [5.41, 5.74) is -0.440. The van der Waals surface area contributed by atoms with E-state index in [1.54, 1.807) is 0 Å². The van der Waals surface area contributed by atoms with E-state index in [2.05, 4.69) is 21.9 Å². The molecular formula is C19H36N4O2S. The van der Waals surface area contributed by atoms with Crippen LogP contribution >= 0.6 is 11.8 Å². The first-order chi connectivity index (χ1) is 12.3. The number of piperidine rings is 1. The Kier molecular flexibility index (Phi) is 7.92. The highest BCUT2D eigenvalue weighted by molar-refractivity contribution is 7.99. The lowest BCUT2D eigenvalue weighted by atomic mass is 9.98. The number of carbonyl (C=O) groups excluding carboxylic acids is 1. The molecule has 0 aromatic heterocycles. The van der Waals surface area contributed by atoms with Crippen molar-refractivity contribution in [3.63, 3.8) is 0 Å². The lowest BCUT2D eigenvalue weighted by Crippen LogP contribution is -2.48. The molecule has 1 heterocycles. The van der Waals surface area contributed by atoms with E-state index in [1.807, 2.05) is 44.5 Å². The van der Waals surface area contributed by atoms with Crippen LogP contribution in [0.3, 0.4) is 0 Å². The zero-order chi connectivity index (χ0) is 19.2. The number of nitrogens with one attached hydrogen (secondary N) is 2. The Labute approximate surface area is 162 Å². The van der Waals surface area contributed by atoms with Crippen molar-refractivity contribution in [1.29, 1.82) is 0 Å². The van der Waals surface area contributed by atoms with Gasteiger partial charge in [-0.3, -0.25) is 4.99 Å². The molecule has 0 bridgehead atoms. The molecule has 0 aromatic rings. The minimum Gasteiger partial charge on any atom is -0.444 e. The molecule has 0 radical (unpaired) electrons. The van der Waals surface area contributed by atoms with Crippen LogP contribution in [0.1, 0.15) is 52.9 Å². The number of hydrogen-bond donors (Lipinski definition) is 2. The van der Waals surface area contributed by atoms with Crippen molar-refractivity contribution in [3.8, 4) is 0 Å². The molecule has 2 rings (SSSR count). The fourth-order valence-electron chi connectivity index (χ4n) is 3.64. The van der Waals surface area contributed by atoms with Gasteiger partial charge in [0.25, 0.3) is 0 Å². The highest BCUT2D eigenvalue weighted by Crippen LogP contribution is 2.28. The highest BCUT2D eigenvalue weighted by Gasteiger charge is 2.28. The molecule has 3 unspecified atom stereocenters. The predicted molar refractivity (Wildman–Crippen MR) is 110 cm³/mol. The summed E-state index contributed by atoms with van der Waals surface area (Å²) in [4.78, 5) is 18.5. The molecule has 0 aromatic carbocycles. The van der Waals surface area contributed by atoms with Gasteiger partial charge in [0.15, 0.2) is 5.96 Å². The lowest BCUT2D eigenvalue weighted by Gasteiger charge is -2.34. The van der Waals surface area contributed by atoms with Gasteiger partial charge in [0.1, 0.15) is 5.60 Å². The Bertz CT molecular complexity index is 492. The van der Waals surface area contributed by atoms with Gasteiger partial charge in [-0.05, 0) is 65.0 Å². The van der Waals surface area contributed by atoms with E-state index >= 15 is 0 Å². The summed E-state index contributed by atoms with van der Waals surface area (Å²) in [5, 5.41) is 7.78. The van der Waals surface area contributed by atoms with E-state index in [4.69, 9.17) is 4.74 Å². The fourth-order valence-corrected chi connectivity index (χ4v) is 4.43. The molecule has 1 aliphatic heterocycles. The third-order valence-electron chi connectivity index (χ3n) is 5.01.